The Morgan fingerprint density at radius 2 is 1.80 bits per heavy atom. The molecule has 1 nitrogen and oxygen atoms in total. The van der Waals surface area contributed by atoms with Gasteiger partial charge < -0.3 is 0 Å². The predicted molar refractivity (Wildman–Crippen MR) is 92.0 cm³/mol. The lowest BCUT2D eigenvalue weighted by Crippen LogP contribution is -2.33. The molecule has 0 N–H and O–H groups in total. The molecule has 0 fully saturated rings. The summed E-state index contributed by atoms with van der Waals surface area (Å²) in [5.74, 6) is 1.43. The third kappa shape index (κ3) is 3.69. The van der Waals surface area contributed by atoms with Gasteiger partial charge in [-0.1, -0.05) is 69.0 Å². The van der Waals surface area contributed by atoms with Gasteiger partial charge in [-0.25, -0.2) is 0 Å². The molecule has 1 unspecified atom stereocenters. The second-order valence-electron chi connectivity index (χ2n) is 7.31. The summed E-state index contributed by atoms with van der Waals surface area (Å²) in [5.41, 5.74) is 2.55. The fraction of sp³-hybridized carbons (Fsp3) is 0.500. The van der Waals surface area contributed by atoms with Gasteiger partial charge in [-0.05, 0) is 30.2 Å². The van der Waals surface area contributed by atoms with Crippen LogP contribution in [0.25, 0.3) is 0 Å². The zero-order valence-electron chi connectivity index (χ0n) is 13.5. The summed E-state index contributed by atoms with van der Waals surface area (Å²) in [6, 6.07) is 10.6. The van der Waals surface area contributed by atoms with E-state index in [1.807, 2.05) is 0 Å². The highest BCUT2D eigenvalue weighted by molar-refractivity contribution is 6.83. The summed E-state index contributed by atoms with van der Waals surface area (Å²) in [5, 5.41) is 1.64. The Labute approximate surface area is 124 Å². The molecule has 108 valence electrons. The Balaban J connectivity index is 2.31. The summed E-state index contributed by atoms with van der Waals surface area (Å²) < 4.78 is 0. The number of benzene rings is 1. The molecule has 2 rings (SSSR count). The van der Waals surface area contributed by atoms with Gasteiger partial charge in [0.15, 0.2) is 0 Å². The maximum Gasteiger partial charge on any atom is 0.0748 e. The fourth-order valence-electron chi connectivity index (χ4n) is 3.06. The van der Waals surface area contributed by atoms with Crippen molar-refractivity contribution in [3.8, 4) is 0 Å². The van der Waals surface area contributed by atoms with Crippen molar-refractivity contribution >= 4 is 13.8 Å². The van der Waals surface area contributed by atoms with Crippen LogP contribution >= 0.6 is 0 Å². The zero-order valence-corrected chi connectivity index (χ0v) is 14.5. The Morgan fingerprint density at radius 1 is 1.15 bits per heavy atom. The van der Waals surface area contributed by atoms with Gasteiger partial charge in [0.1, 0.15) is 0 Å². The topological polar surface area (TPSA) is 12.4 Å². The standard InChI is InChI=1S/C18H27NSi/c1-14(2)11-16-12-17(15-9-7-6-8-10-15)19-13-18(16)20(3,4)5/h6-10,13-14,16H,11-12H2,1-5H3. The summed E-state index contributed by atoms with van der Waals surface area (Å²) in [7, 11) is -1.26. The first-order valence-electron chi connectivity index (χ1n) is 7.70. The van der Waals surface area contributed by atoms with Gasteiger partial charge in [-0.3, -0.25) is 4.99 Å². The van der Waals surface area contributed by atoms with Crippen LogP contribution in [0.1, 0.15) is 32.3 Å². The molecule has 1 aliphatic heterocycles. The molecule has 1 heterocycles. The maximum atomic E-state index is 4.79. The highest BCUT2D eigenvalue weighted by Crippen LogP contribution is 2.34. The highest BCUT2D eigenvalue weighted by Gasteiger charge is 2.30. The summed E-state index contributed by atoms with van der Waals surface area (Å²) in [6.07, 6.45) is 4.59. The summed E-state index contributed by atoms with van der Waals surface area (Å²) in [6.45, 7) is 12.0. The quantitative estimate of drug-likeness (QED) is 0.665. The molecule has 1 aliphatic rings. The minimum atomic E-state index is -1.26. The zero-order chi connectivity index (χ0) is 14.8. The Morgan fingerprint density at radius 3 is 2.35 bits per heavy atom. The molecule has 0 aromatic heterocycles. The number of rotatable bonds is 4. The van der Waals surface area contributed by atoms with Crippen LogP contribution in [0.2, 0.25) is 19.6 Å². The van der Waals surface area contributed by atoms with E-state index in [1.165, 1.54) is 17.7 Å². The number of aliphatic imine (C=N–C) groups is 1. The fourth-order valence-corrected chi connectivity index (χ4v) is 4.95. The minimum absolute atomic E-state index is 0.689. The van der Waals surface area contributed by atoms with Gasteiger partial charge in [0.25, 0.3) is 0 Å². The lowest BCUT2D eigenvalue weighted by atomic mass is 9.88. The Kier molecular flexibility index (Phi) is 4.64. The Bertz CT molecular complexity index is 506. The minimum Gasteiger partial charge on any atom is -0.261 e. The smallest absolute Gasteiger partial charge is 0.0748 e. The first kappa shape index (κ1) is 15.2. The Hall–Kier alpha value is -1.15. The van der Waals surface area contributed by atoms with Crippen LogP contribution in [-0.2, 0) is 0 Å². The van der Waals surface area contributed by atoms with Crippen LogP contribution in [0.3, 0.4) is 0 Å². The van der Waals surface area contributed by atoms with E-state index in [-0.39, 0.29) is 0 Å². The SMILES string of the molecule is CC(C)CC1CC(c2ccccc2)=NC=C1[Si](C)(C)C. The van der Waals surface area contributed by atoms with Crippen molar-refractivity contribution in [2.75, 3.05) is 0 Å². The van der Waals surface area contributed by atoms with Gasteiger partial charge in [-0.15, -0.1) is 0 Å². The molecule has 1 aromatic carbocycles. The predicted octanol–water partition coefficient (Wildman–Crippen LogP) is 5.30. The van der Waals surface area contributed by atoms with Gasteiger partial charge in [0, 0.05) is 11.9 Å². The molecular weight excluding hydrogens is 258 g/mol. The van der Waals surface area contributed by atoms with Crippen molar-refractivity contribution in [1.82, 2.24) is 0 Å². The average Bonchev–Trinajstić information content (AvgIpc) is 2.37. The van der Waals surface area contributed by atoms with Crippen LogP contribution < -0.4 is 0 Å². The second-order valence-corrected chi connectivity index (χ2v) is 12.4. The van der Waals surface area contributed by atoms with Crippen molar-refractivity contribution < 1.29 is 0 Å². The molecule has 1 aromatic rings. The van der Waals surface area contributed by atoms with Gasteiger partial charge >= 0.3 is 0 Å². The average molecular weight is 286 g/mol. The van der Waals surface area contributed by atoms with E-state index in [0.29, 0.717) is 5.92 Å². The van der Waals surface area contributed by atoms with E-state index in [2.05, 4.69) is 70.0 Å². The van der Waals surface area contributed by atoms with Crippen molar-refractivity contribution in [3.05, 3.63) is 47.3 Å². The van der Waals surface area contributed by atoms with E-state index in [1.54, 1.807) is 5.20 Å². The molecule has 0 saturated heterocycles. The van der Waals surface area contributed by atoms with Crippen LogP contribution in [0.5, 0.6) is 0 Å². The maximum absolute atomic E-state index is 4.79. The van der Waals surface area contributed by atoms with E-state index >= 15 is 0 Å². The van der Waals surface area contributed by atoms with Crippen molar-refractivity contribution in [2.24, 2.45) is 16.8 Å². The van der Waals surface area contributed by atoms with Crippen LogP contribution in [0.4, 0.5) is 0 Å². The van der Waals surface area contributed by atoms with E-state index in [4.69, 9.17) is 4.99 Å². The summed E-state index contributed by atoms with van der Waals surface area (Å²) >= 11 is 0. The molecule has 0 radical (unpaired) electrons. The highest BCUT2D eigenvalue weighted by atomic mass is 28.3. The number of hydrogen-bond acceptors (Lipinski definition) is 1. The van der Waals surface area contributed by atoms with E-state index in [9.17, 15) is 0 Å². The van der Waals surface area contributed by atoms with Gasteiger partial charge in [0.2, 0.25) is 0 Å². The monoisotopic (exact) mass is 285 g/mol. The molecule has 0 saturated carbocycles. The molecule has 20 heavy (non-hydrogen) atoms. The molecule has 2 heteroatoms. The third-order valence-electron chi connectivity index (χ3n) is 3.97. The van der Waals surface area contributed by atoms with Gasteiger partial charge in [-0.2, -0.15) is 0 Å². The number of hydrogen-bond donors (Lipinski definition) is 0. The first-order valence-corrected chi connectivity index (χ1v) is 11.2. The van der Waals surface area contributed by atoms with Crippen LogP contribution in [0.15, 0.2) is 46.7 Å². The number of allylic oxidation sites excluding steroid dienone is 1. The molecular formula is C18H27NSi. The molecule has 0 bridgehead atoms. The summed E-state index contributed by atoms with van der Waals surface area (Å²) in [4.78, 5) is 4.79. The molecule has 0 spiro atoms. The third-order valence-corrected chi connectivity index (χ3v) is 6.24. The number of nitrogens with zero attached hydrogens (tertiary/aromatic N) is 1. The molecule has 1 atom stereocenters. The van der Waals surface area contributed by atoms with Crippen molar-refractivity contribution in [1.29, 1.82) is 0 Å². The van der Waals surface area contributed by atoms with E-state index in [0.717, 1.165) is 12.3 Å². The second kappa shape index (κ2) is 6.09. The van der Waals surface area contributed by atoms with Crippen molar-refractivity contribution in [2.45, 2.75) is 46.3 Å². The van der Waals surface area contributed by atoms with Crippen LogP contribution in [-0.4, -0.2) is 13.8 Å². The normalized spacial score (nSPS) is 19.8. The lowest BCUT2D eigenvalue weighted by Gasteiger charge is -2.32. The van der Waals surface area contributed by atoms with Crippen molar-refractivity contribution in [3.63, 3.8) is 0 Å². The lowest BCUT2D eigenvalue weighted by molar-refractivity contribution is 0.474. The van der Waals surface area contributed by atoms with Gasteiger partial charge in [0.05, 0.1) is 8.07 Å². The largest absolute Gasteiger partial charge is 0.261 e. The first-order chi connectivity index (χ1) is 9.38. The van der Waals surface area contributed by atoms with E-state index < -0.39 is 8.07 Å². The molecule has 0 aliphatic carbocycles. The van der Waals surface area contributed by atoms with Crippen LogP contribution in [0, 0.1) is 11.8 Å². The molecule has 0 amide bonds.